The first-order valence-electron chi connectivity index (χ1n) is 9.64. The van der Waals surface area contributed by atoms with Crippen molar-refractivity contribution in [2.75, 3.05) is 27.4 Å². The zero-order chi connectivity index (χ0) is 20.2. The molecule has 0 spiro atoms. The number of tetrazole rings is 1. The Bertz CT molecular complexity index is 974. The summed E-state index contributed by atoms with van der Waals surface area (Å²) in [7, 11) is 3.21. The van der Waals surface area contributed by atoms with E-state index in [1.165, 1.54) is 11.1 Å². The molecule has 152 valence electrons. The van der Waals surface area contributed by atoms with Crippen molar-refractivity contribution in [3.8, 4) is 11.5 Å². The third-order valence-electron chi connectivity index (χ3n) is 5.36. The molecule has 1 N–H and O–H groups in total. The van der Waals surface area contributed by atoms with E-state index < -0.39 is 0 Å². The fourth-order valence-electron chi connectivity index (χ4n) is 3.87. The lowest BCUT2D eigenvalue weighted by Gasteiger charge is -2.35. The van der Waals surface area contributed by atoms with Crippen LogP contribution in [0.25, 0.3) is 0 Å². The molecule has 0 unspecified atom stereocenters. The smallest absolute Gasteiger partial charge is 0.173 e. The monoisotopic (exact) mass is 395 g/mol. The molecule has 0 aliphatic carbocycles. The number of hydrogen-bond acceptors (Lipinski definition) is 7. The van der Waals surface area contributed by atoms with Gasteiger partial charge in [-0.05, 0) is 45.7 Å². The molecule has 0 saturated heterocycles. The Hall–Kier alpha value is -2.97. The minimum atomic E-state index is -0.176. The van der Waals surface area contributed by atoms with Gasteiger partial charge in [0, 0.05) is 20.2 Å². The normalized spacial score (nSPS) is 15.1. The van der Waals surface area contributed by atoms with Crippen LogP contribution in [0.3, 0.4) is 0 Å². The van der Waals surface area contributed by atoms with E-state index in [0.29, 0.717) is 18.9 Å². The summed E-state index contributed by atoms with van der Waals surface area (Å²) in [4.78, 5) is 2.36. The number of methoxy groups -OCH3 is 2. The van der Waals surface area contributed by atoms with E-state index in [-0.39, 0.29) is 11.8 Å². The zero-order valence-corrected chi connectivity index (χ0v) is 16.7. The maximum absolute atomic E-state index is 10.1. The molecule has 2 heterocycles. The molecule has 1 aliphatic rings. The molecule has 0 fully saturated rings. The first-order chi connectivity index (χ1) is 14.2. The second kappa shape index (κ2) is 8.59. The Morgan fingerprint density at radius 2 is 1.97 bits per heavy atom. The Morgan fingerprint density at radius 3 is 2.76 bits per heavy atom. The van der Waals surface area contributed by atoms with E-state index in [2.05, 4.69) is 44.7 Å². The summed E-state index contributed by atoms with van der Waals surface area (Å²) in [5.41, 5.74) is 3.66. The van der Waals surface area contributed by atoms with Crippen molar-refractivity contribution in [2.45, 2.75) is 25.6 Å². The number of rotatable bonds is 7. The van der Waals surface area contributed by atoms with E-state index in [1.807, 2.05) is 12.1 Å². The Morgan fingerprint density at radius 1 is 1.14 bits per heavy atom. The molecule has 1 aliphatic heterocycles. The van der Waals surface area contributed by atoms with Crippen LogP contribution in [0.15, 0.2) is 42.5 Å². The Labute approximate surface area is 169 Å². The van der Waals surface area contributed by atoms with Gasteiger partial charge in [-0.1, -0.05) is 30.3 Å². The third kappa shape index (κ3) is 3.94. The number of fused-ring (bicyclic) bond motifs is 1. The summed E-state index contributed by atoms with van der Waals surface area (Å²) in [5, 5.41) is 22.5. The highest BCUT2D eigenvalue weighted by atomic mass is 16.5. The summed E-state index contributed by atoms with van der Waals surface area (Å²) >= 11 is 0. The second-order valence-corrected chi connectivity index (χ2v) is 7.08. The number of nitrogens with zero attached hydrogens (tertiary/aromatic N) is 5. The molecule has 0 radical (unpaired) electrons. The van der Waals surface area contributed by atoms with Crippen LogP contribution in [-0.4, -0.2) is 57.6 Å². The highest BCUT2D eigenvalue weighted by Gasteiger charge is 2.31. The van der Waals surface area contributed by atoms with Gasteiger partial charge < -0.3 is 14.6 Å². The van der Waals surface area contributed by atoms with Crippen molar-refractivity contribution in [3.05, 3.63) is 65.0 Å². The van der Waals surface area contributed by atoms with Crippen molar-refractivity contribution >= 4 is 0 Å². The maximum atomic E-state index is 10.1. The summed E-state index contributed by atoms with van der Waals surface area (Å²) < 4.78 is 12.3. The number of aromatic hydroxyl groups is 1. The van der Waals surface area contributed by atoms with E-state index >= 15 is 0 Å². The van der Waals surface area contributed by atoms with Crippen molar-refractivity contribution in [1.82, 2.24) is 25.1 Å². The van der Waals surface area contributed by atoms with Crippen LogP contribution >= 0.6 is 0 Å². The minimum absolute atomic E-state index is 0.109. The molecule has 4 rings (SSSR count). The molecular weight excluding hydrogens is 370 g/mol. The number of hydrogen-bond donors (Lipinski definition) is 1. The van der Waals surface area contributed by atoms with Gasteiger partial charge in [0.1, 0.15) is 0 Å². The van der Waals surface area contributed by atoms with Gasteiger partial charge >= 0.3 is 0 Å². The van der Waals surface area contributed by atoms with Crippen LogP contribution in [0.5, 0.6) is 11.5 Å². The molecule has 1 atom stereocenters. The number of aromatic nitrogens is 4. The first kappa shape index (κ1) is 19.4. The summed E-state index contributed by atoms with van der Waals surface area (Å²) in [6.45, 7) is 2.75. The lowest BCUT2D eigenvalue weighted by atomic mass is 9.96. The van der Waals surface area contributed by atoms with Crippen molar-refractivity contribution in [1.29, 1.82) is 0 Å². The predicted molar refractivity (Wildman–Crippen MR) is 107 cm³/mol. The fourth-order valence-corrected chi connectivity index (χ4v) is 3.87. The molecule has 8 nitrogen and oxygen atoms in total. The third-order valence-corrected chi connectivity index (χ3v) is 5.36. The van der Waals surface area contributed by atoms with Crippen LogP contribution in [0, 0.1) is 0 Å². The molecular formula is C21H25N5O3. The van der Waals surface area contributed by atoms with Gasteiger partial charge in [-0.15, -0.1) is 5.10 Å². The standard InChI is InChI=1S/C21H25N5O3/c1-28-12-11-26-21(22-23-24-26)20(16-7-8-18(27)19(13-16)29-2)25-10-9-15-5-3-4-6-17(15)14-25/h3-8,13,20,27H,9-12,14H2,1-2H3/t20-/m0/s1. The lowest BCUT2D eigenvalue weighted by Crippen LogP contribution is -2.36. The van der Waals surface area contributed by atoms with Gasteiger partial charge in [-0.2, -0.15) is 0 Å². The highest BCUT2D eigenvalue weighted by Crippen LogP contribution is 2.36. The van der Waals surface area contributed by atoms with E-state index in [1.54, 1.807) is 25.0 Å². The number of benzene rings is 2. The van der Waals surface area contributed by atoms with E-state index in [4.69, 9.17) is 9.47 Å². The molecule has 0 saturated carbocycles. The maximum Gasteiger partial charge on any atom is 0.173 e. The van der Waals surface area contributed by atoms with Gasteiger partial charge in [0.15, 0.2) is 17.3 Å². The number of phenols is 1. The average Bonchev–Trinajstić information content (AvgIpc) is 3.21. The van der Waals surface area contributed by atoms with Gasteiger partial charge in [-0.3, -0.25) is 4.90 Å². The lowest BCUT2D eigenvalue weighted by molar-refractivity contribution is 0.169. The molecule has 0 bridgehead atoms. The quantitative estimate of drug-likeness (QED) is 0.656. The van der Waals surface area contributed by atoms with E-state index in [9.17, 15) is 5.11 Å². The largest absolute Gasteiger partial charge is 0.504 e. The summed E-state index contributed by atoms with van der Waals surface area (Å²) in [6, 6.07) is 13.8. The van der Waals surface area contributed by atoms with Crippen LogP contribution in [-0.2, 0) is 24.2 Å². The molecule has 3 aromatic rings. The molecule has 2 aromatic carbocycles. The van der Waals surface area contributed by atoms with Crippen LogP contribution in [0.2, 0.25) is 0 Å². The second-order valence-electron chi connectivity index (χ2n) is 7.08. The van der Waals surface area contributed by atoms with Crippen LogP contribution in [0.4, 0.5) is 0 Å². The summed E-state index contributed by atoms with van der Waals surface area (Å²) in [6.07, 6.45) is 0.960. The fraction of sp³-hybridized carbons (Fsp3) is 0.381. The minimum Gasteiger partial charge on any atom is -0.504 e. The van der Waals surface area contributed by atoms with Gasteiger partial charge in [0.2, 0.25) is 0 Å². The zero-order valence-electron chi connectivity index (χ0n) is 16.7. The van der Waals surface area contributed by atoms with Crippen LogP contribution in [0.1, 0.15) is 28.6 Å². The van der Waals surface area contributed by atoms with Crippen molar-refractivity contribution in [2.24, 2.45) is 0 Å². The van der Waals surface area contributed by atoms with E-state index in [0.717, 1.165) is 30.9 Å². The molecule has 0 amide bonds. The molecule has 8 heteroatoms. The predicted octanol–water partition coefficient (Wildman–Crippen LogP) is 2.18. The van der Waals surface area contributed by atoms with Crippen LogP contribution < -0.4 is 4.74 Å². The molecule has 29 heavy (non-hydrogen) atoms. The molecule has 1 aromatic heterocycles. The van der Waals surface area contributed by atoms with Gasteiger partial charge in [-0.25, -0.2) is 4.68 Å². The topological polar surface area (TPSA) is 85.5 Å². The van der Waals surface area contributed by atoms with Gasteiger partial charge in [0.25, 0.3) is 0 Å². The summed E-state index contributed by atoms with van der Waals surface area (Å²) in [5.74, 6) is 1.29. The van der Waals surface area contributed by atoms with Crippen molar-refractivity contribution < 1.29 is 14.6 Å². The number of ether oxygens (including phenoxy) is 2. The highest BCUT2D eigenvalue weighted by molar-refractivity contribution is 5.44. The Kier molecular flexibility index (Phi) is 5.73. The average molecular weight is 395 g/mol. The SMILES string of the molecule is COCCn1nnnc1[C@H](c1ccc(O)c(OC)c1)N1CCc2ccccc2C1. The Balaban J connectivity index is 1.75. The van der Waals surface area contributed by atoms with Crippen molar-refractivity contribution in [3.63, 3.8) is 0 Å². The first-order valence-corrected chi connectivity index (χ1v) is 9.64. The van der Waals surface area contributed by atoms with Gasteiger partial charge in [0.05, 0.1) is 26.3 Å². The number of phenolic OH excluding ortho intramolecular Hbond substituents is 1.